The molecule has 1 aromatic carbocycles. The van der Waals surface area contributed by atoms with E-state index in [0.717, 1.165) is 17.8 Å². The van der Waals surface area contributed by atoms with Crippen molar-refractivity contribution >= 4 is 0 Å². The van der Waals surface area contributed by atoms with Gasteiger partial charge in [0.25, 0.3) is 5.56 Å². The van der Waals surface area contributed by atoms with E-state index < -0.39 is 0 Å². The standard InChI is InChI=1S/C13H15N3O/c1-16(2)9-10-3-5-11(6-4-10)12-7-8-13(17)15-14-12/h3-8H,9H2,1-2H3,(H,15,17). The summed E-state index contributed by atoms with van der Waals surface area (Å²) in [6, 6.07) is 11.4. The molecule has 0 amide bonds. The van der Waals surface area contributed by atoms with Crippen LogP contribution in [0.4, 0.5) is 0 Å². The Hall–Kier alpha value is -1.94. The molecule has 1 heterocycles. The van der Waals surface area contributed by atoms with E-state index in [1.807, 2.05) is 26.2 Å². The highest BCUT2D eigenvalue weighted by Crippen LogP contribution is 2.16. The van der Waals surface area contributed by atoms with Crippen LogP contribution in [-0.2, 0) is 6.54 Å². The minimum absolute atomic E-state index is 0.182. The molecule has 0 bridgehead atoms. The normalized spacial score (nSPS) is 10.8. The molecule has 17 heavy (non-hydrogen) atoms. The van der Waals surface area contributed by atoms with Gasteiger partial charge in [0.05, 0.1) is 5.69 Å². The molecule has 4 heteroatoms. The number of hydrogen-bond acceptors (Lipinski definition) is 3. The van der Waals surface area contributed by atoms with Crippen LogP contribution in [0.5, 0.6) is 0 Å². The molecule has 2 aromatic rings. The van der Waals surface area contributed by atoms with Crippen molar-refractivity contribution in [3.63, 3.8) is 0 Å². The maximum atomic E-state index is 10.9. The van der Waals surface area contributed by atoms with Gasteiger partial charge in [0, 0.05) is 18.2 Å². The van der Waals surface area contributed by atoms with Crippen LogP contribution < -0.4 is 5.56 Å². The van der Waals surface area contributed by atoms with E-state index in [1.165, 1.54) is 11.6 Å². The molecule has 0 radical (unpaired) electrons. The highest BCUT2D eigenvalue weighted by atomic mass is 16.1. The molecule has 0 fully saturated rings. The minimum atomic E-state index is -0.182. The fourth-order valence-electron chi connectivity index (χ4n) is 1.65. The Balaban J connectivity index is 2.23. The van der Waals surface area contributed by atoms with Gasteiger partial charge in [-0.1, -0.05) is 24.3 Å². The molecule has 0 atom stereocenters. The average Bonchev–Trinajstić information content (AvgIpc) is 2.30. The Morgan fingerprint density at radius 1 is 1.12 bits per heavy atom. The second-order valence-electron chi connectivity index (χ2n) is 4.24. The molecule has 1 aromatic heterocycles. The largest absolute Gasteiger partial charge is 0.305 e. The summed E-state index contributed by atoms with van der Waals surface area (Å²) in [5.41, 5.74) is 2.85. The molecule has 0 aliphatic heterocycles. The molecule has 0 unspecified atom stereocenters. The van der Waals surface area contributed by atoms with Crippen LogP contribution in [-0.4, -0.2) is 29.2 Å². The Kier molecular flexibility index (Phi) is 3.35. The van der Waals surface area contributed by atoms with Crippen molar-refractivity contribution in [2.45, 2.75) is 6.54 Å². The Morgan fingerprint density at radius 2 is 1.82 bits per heavy atom. The van der Waals surface area contributed by atoms with Gasteiger partial charge in [-0.05, 0) is 25.7 Å². The third-order valence-corrected chi connectivity index (χ3v) is 2.43. The van der Waals surface area contributed by atoms with E-state index in [9.17, 15) is 4.79 Å². The van der Waals surface area contributed by atoms with Gasteiger partial charge in [0.1, 0.15) is 0 Å². The van der Waals surface area contributed by atoms with Gasteiger partial charge in [0.15, 0.2) is 0 Å². The topological polar surface area (TPSA) is 49.0 Å². The van der Waals surface area contributed by atoms with E-state index in [0.29, 0.717) is 0 Å². The van der Waals surface area contributed by atoms with Crippen LogP contribution in [0.3, 0.4) is 0 Å². The predicted molar refractivity (Wildman–Crippen MR) is 67.7 cm³/mol. The lowest BCUT2D eigenvalue weighted by atomic mass is 10.1. The zero-order chi connectivity index (χ0) is 12.3. The first kappa shape index (κ1) is 11.5. The number of nitrogens with zero attached hydrogens (tertiary/aromatic N) is 2. The van der Waals surface area contributed by atoms with E-state index in [4.69, 9.17) is 0 Å². The van der Waals surface area contributed by atoms with Gasteiger partial charge in [0.2, 0.25) is 0 Å². The number of rotatable bonds is 3. The summed E-state index contributed by atoms with van der Waals surface area (Å²) in [5, 5.41) is 6.42. The van der Waals surface area contributed by atoms with Gasteiger partial charge in [-0.25, -0.2) is 5.10 Å². The van der Waals surface area contributed by atoms with Crippen molar-refractivity contribution < 1.29 is 0 Å². The lowest BCUT2D eigenvalue weighted by Crippen LogP contribution is -2.10. The zero-order valence-corrected chi connectivity index (χ0v) is 9.97. The van der Waals surface area contributed by atoms with Crippen LogP contribution in [0.25, 0.3) is 11.3 Å². The van der Waals surface area contributed by atoms with E-state index in [2.05, 4.69) is 27.2 Å². The summed E-state index contributed by atoms with van der Waals surface area (Å²) in [4.78, 5) is 13.0. The smallest absolute Gasteiger partial charge is 0.264 e. The molecular weight excluding hydrogens is 214 g/mol. The van der Waals surface area contributed by atoms with Gasteiger partial charge in [-0.2, -0.15) is 5.10 Å². The van der Waals surface area contributed by atoms with Gasteiger partial charge < -0.3 is 4.90 Å². The lowest BCUT2D eigenvalue weighted by molar-refractivity contribution is 0.402. The molecule has 4 nitrogen and oxygen atoms in total. The van der Waals surface area contributed by atoms with Crippen molar-refractivity contribution in [3.05, 3.63) is 52.3 Å². The first-order chi connectivity index (χ1) is 8.15. The summed E-state index contributed by atoms with van der Waals surface area (Å²) < 4.78 is 0. The molecular formula is C13H15N3O. The third-order valence-electron chi connectivity index (χ3n) is 2.43. The summed E-state index contributed by atoms with van der Waals surface area (Å²) in [6.45, 7) is 0.916. The monoisotopic (exact) mass is 229 g/mol. The molecule has 0 saturated carbocycles. The Morgan fingerprint density at radius 3 is 2.35 bits per heavy atom. The maximum absolute atomic E-state index is 10.9. The zero-order valence-electron chi connectivity index (χ0n) is 9.97. The first-order valence-electron chi connectivity index (χ1n) is 5.45. The van der Waals surface area contributed by atoms with Crippen molar-refractivity contribution in [1.82, 2.24) is 15.1 Å². The average molecular weight is 229 g/mol. The Labute approximate surface area is 99.9 Å². The second kappa shape index (κ2) is 4.93. The van der Waals surface area contributed by atoms with Crippen LogP contribution in [0.1, 0.15) is 5.56 Å². The molecule has 0 saturated heterocycles. The van der Waals surface area contributed by atoms with E-state index >= 15 is 0 Å². The van der Waals surface area contributed by atoms with Gasteiger partial charge in [-0.3, -0.25) is 4.79 Å². The first-order valence-corrected chi connectivity index (χ1v) is 5.45. The summed E-state index contributed by atoms with van der Waals surface area (Å²) >= 11 is 0. The highest BCUT2D eigenvalue weighted by Gasteiger charge is 2.00. The molecule has 0 spiro atoms. The van der Waals surface area contributed by atoms with Crippen LogP contribution >= 0.6 is 0 Å². The number of nitrogens with one attached hydrogen (secondary N) is 1. The van der Waals surface area contributed by atoms with Crippen molar-refractivity contribution in [1.29, 1.82) is 0 Å². The lowest BCUT2D eigenvalue weighted by Gasteiger charge is -2.09. The van der Waals surface area contributed by atoms with Gasteiger partial charge in [-0.15, -0.1) is 0 Å². The van der Waals surface area contributed by atoms with Crippen LogP contribution in [0.15, 0.2) is 41.2 Å². The third kappa shape index (κ3) is 3.01. The van der Waals surface area contributed by atoms with Crippen molar-refractivity contribution in [3.8, 4) is 11.3 Å². The molecule has 2 rings (SSSR count). The Bertz CT molecular complexity index is 523. The fraction of sp³-hybridized carbons (Fsp3) is 0.231. The number of hydrogen-bond donors (Lipinski definition) is 1. The van der Waals surface area contributed by atoms with Crippen molar-refractivity contribution in [2.24, 2.45) is 0 Å². The molecule has 88 valence electrons. The van der Waals surface area contributed by atoms with Crippen LogP contribution in [0, 0.1) is 0 Å². The minimum Gasteiger partial charge on any atom is -0.305 e. The number of aromatic amines is 1. The number of benzene rings is 1. The van der Waals surface area contributed by atoms with Crippen molar-refractivity contribution in [2.75, 3.05) is 14.1 Å². The van der Waals surface area contributed by atoms with E-state index in [-0.39, 0.29) is 5.56 Å². The quantitative estimate of drug-likeness (QED) is 0.867. The molecule has 0 aliphatic rings. The van der Waals surface area contributed by atoms with Crippen LogP contribution in [0.2, 0.25) is 0 Å². The molecule has 1 N–H and O–H groups in total. The molecule has 0 aliphatic carbocycles. The van der Waals surface area contributed by atoms with Gasteiger partial charge >= 0.3 is 0 Å². The second-order valence-corrected chi connectivity index (χ2v) is 4.24. The van der Waals surface area contributed by atoms with E-state index in [1.54, 1.807) is 6.07 Å². The SMILES string of the molecule is CN(C)Cc1ccc(-c2ccc(=O)[nH]n2)cc1. The highest BCUT2D eigenvalue weighted by molar-refractivity contribution is 5.58. The fourth-order valence-corrected chi connectivity index (χ4v) is 1.65. The summed E-state index contributed by atoms with van der Waals surface area (Å²) in [7, 11) is 4.08. The number of H-pyrrole nitrogens is 1. The maximum Gasteiger partial charge on any atom is 0.264 e. The summed E-state index contributed by atoms with van der Waals surface area (Å²) in [5.74, 6) is 0. The predicted octanol–water partition coefficient (Wildman–Crippen LogP) is 1.50. The summed E-state index contributed by atoms with van der Waals surface area (Å²) in [6.07, 6.45) is 0. The number of aromatic nitrogens is 2.